The summed E-state index contributed by atoms with van der Waals surface area (Å²) in [6, 6.07) is 0. The maximum absolute atomic E-state index is 10.0. The minimum absolute atomic E-state index is 0.0195. The Labute approximate surface area is 125 Å². The van der Waals surface area contributed by atoms with E-state index >= 15 is 0 Å². The molecule has 0 fully saturated rings. The van der Waals surface area contributed by atoms with Crippen molar-refractivity contribution in [3.63, 3.8) is 0 Å². The molecule has 7 nitrogen and oxygen atoms in total. The van der Waals surface area contributed by atoms with Crippen LogP contribution >= 0.6 is 0 Å². The molecule has 0 bridgehead atoms. The highest BCUT2D eigenvalue weighted by atomic mass is 16.8. The highest BCUT2D eigenvalue weighted by molar-refractivity contribution is 4.94. The van der Waals surface area contributed by atoms with Crippen LogP contribution in [-0.2, 0) is 14.2 Å². The Morgan fingerprint density at radius 2 is 1.24 bits per heavy atom. The molecule has 0 aliphatic rings. The van der Waals surface area contributed by atoms with E-state index in [4.69, 9.17) is 14.2 Å². The lowest BCUT2D eigenvalue weighted by molar-refractivity contribution is -0.393. The van der Waals surface area contributed by atoms with Gasteiger partial charge in [-0.05, 0) is 0 Å². The van der Waals surface area contributed by atoms with Crippen LogP contribution in [0.3, 0.4) is 0 Å². The van der Waals surface area contributed by atoms with Crippen LogP contribution in [0.4, 0.5) is 0 Å². The number of hydrogen-bond donors (Lipinski definition) is 4. The fraction of sp³-hybridized carbons (Fsp3) is 0.714. The van der Waals surface area contributed by atoms with E-state index in [2.05, 4.69) is 13.2 Å². The summed E-state index contributed by atoms with van der Waals surface area (Å²) >= 11 is 0. The molecule has 124 valence electrons. The monoisotopic (exact) mass is 306 g/mol. The van der Waals surface area contributed by atoms with Gasteiger partial charge >= 0.3 is 0 Å². The molecule has 0 amide bonds. The summed E-state index contributed by atoms with van der Waals surface area (Å²) in [4.78, 5) is 0. The third-order valence-corrected chi connectivity index (χ3v) is 3.26. The van der Waals surface area contributed by atoms with Crippen LogP contribution in [0.25, 0.3) is 0 Å². The first kappa shape index (κ1) is 20.2. The lowest BCUT2D eigenvalue weighted by Crippen LogP contribution is -2.59. The zero-order chi connectivity index (χ0) is 16.5. The van der Waals surface area contributed by atoms with Gasteiger partial charge in [0.05, 0.1) is 13.2 Å². The number of aliphatic hydroxyl groups is 4. The largest absolute Gasteiger partial charge is 0.393 e. The maximum Gasteiger partial charge on any atom is 0.203 e. The van der Waals surface area contributed by atoms with E-state index in [1.165, 1.54) is 26.4 Å². The second kappa shape index (κ2) is 9.26. The average Bonchev–Trinajstić information content (AvgIpc) is 2.51. The van der Waals surface area contributed by atoms with Crippen molar-refractivity contribution in [3.8, 4) is 0 Å². The normalized spacial score (nSPS) is 20.1. The van der Waals surface area contributed by atoms with Gasteiger partial charge in [-0.2, -0.15) is 0 Å². The number of methoxy groups -OCH3 is 2. The van der Waals surface area contributed by atoms with E-state index in [0.717, 1.165) is 0 Å². The van der Waals surface area contributed by atoms with Gasteiger partial charge in [0, 0.05) is 27.1 Å². The first-order chi connectivity index (χ1) is 9.91. The summed E-state index contributed by atoms with van der Waals surface area (Å²) in [5.74, 6) is -3.38. The molecule has 0 heterocycles. The van der Waals surface area contributed by atoms with Crippen LogP contribution < -0.4 is 0 Å². The van der Waals surface area contributed by atoms with E-state index in [-0.39, 0.29) is 12.8 Å². The molecule has 0 aromatic rings. The Kier molecular flexibility index (Phi) is 8.91. The van der Waals surface area contributed by atoms with Crippen molar-refractivity contribution in [1.82, 2.24) is 0 Å². The molecule has 0 aliphatic heterocycles. The molecule has 0 spiro atoms. The minimum Gasteiger partial charge on any atom is -0.393 e. The lowest BCUT2D eigenvalue weighted by Gasteiger charge is -2.45. The van der Waals surface area contributed by atoms with E-state index in [1.54, 1.807) is 0 Å². The van der Waals surface area contributed by atoms with Gasteiger partial charge in [0.2, 0.25) is 11.6 Å². The Balaban J connectivity index is 5.67. The highest BCUT2D eigenvalue weighted by Gasteiger charge is 2.49. The van der Waals surface area contributed by atoms with Gasteiger partial charge in [-0.15, -0.1) is 13.2 Å². The summed E-state index contributed by atoms with van der Waals surface area (Å²) in [5, 5.41) is 38.4. The van der Waals surface area contributed by atoms with Gasteiger partial charge in [0.15, 0.2) is 0 Å². The van der Waals surface area contributed by atoms with Gasteiger partial charge < -0.3 is 34.6 Å². The zero-order valence-electron chi connectivity index (χ0n) is 12.6. The van der Waals surface area contributed by atoms with Crippen molar-refractivity contribution in [3.05, 3.63) is 25.3 Å². The molecule has 0 radical (unpaired) electrons. The lowest BCUT2D eigenvalue weighted by atomic mass is 10.0. The van der Waals surface area contributed by atoms with E-state index in [0.29, 0.717) is 0 Å². The Bertz CT molecular complexity index is 292. The highest BCUT2D eigenvalue weighted by Crippen LogP contribution is 2.34. The van der Waals surface area contributed by atoms with E-state index in [1.807, 2.05) is 0 Å². The molecule has 7 heteroatoms. The first-order valence-corrected chi connectivity index (χ1v) is 6.52. The summed E-state index contributed by atoms with van der Waals surface area (Å²) in [6.07, 6.45) is 0.0814. The molecule has 0 rings (SSSR count). The van der Waals surface area contributed by atoms with Gasteiger partial charge in [0.25, 0.3) is 0 Å². The Morgan fingerprint density at radius 1 is 0.905 bits per heavy atom. The molecule has 4 N–H and O–H groups in total. The average molecular weight is 306 g/mol. The Hall–Kier alpha value is -0.800. The van der Waals surface area contributed by atoms with Crippen LogP contribution in [0, 0.1) is 0 Å². The van der Waals surface area contributed by atoms with Crippen molar-refractivity contribution < 1.29 is 34.6 Å². The summed E-state index contributed by atoms with van der Waals surface area (Å²) in [7, 11) is 2.56. The summed E-state index contributed by atoms with van der Waals surface area (Å²) in [6.45, 7) is 5.83. The van der Waals surface area contributed by atoms with Crippen molar-refractivity contribution in [1.29, 1.82) is 0 Å². The van der Waals surface area contributed by atoms with E-state index in [9.17, 15) is 20.4 Å². The van der Waals surface area contributed by atoms with Gasteiger partial charge in [-0.3, -0.25) is 0 Å². The topological polar surface area (TPSA) is 109 Å². The first-order valence-electron chi connectivity index (χ1n) is 6.52. The maximum atomic E-state index is 10.0. The number of rotatable bonds is 12. The van der Waals surface area contributed by atoms with Crippen LogP contribution in [0.15, 0.2) is 25.3 Å². The van der Waals surface area contributed by atoms with Crippen molar-refractivity contribution in [2.75, 3.05) is 27.4 Å². The van der Waals surface area contributed by atoms with E-state index < -0.39 is 37.0 Å². The molecule has 0 aliphatic carbocycles. The molecule has 0 aromatic heterocycles. The molecule has 0 saturated carbocycles. The summed E-state index contributed by atoms with van der Waals surface area (Å²) in [5.41, 5.74) is 0. The van der Waals surface area contributed by atoms with Gasteiger partial charge in [-0.25, -0.2) is 0 Å². The zero-order valence-corrected chi connectivity index (χ0v) is 12.6. The Morgan fingerprint density at radius 3 is 1.43 bits per heavy atom. The van der Waals surface area contributed by atoms with Crippen molar-refractivity contribution in [2.45, 2.75) is 36.6 Å². The molecule has 21 heavy (non-hydrogen) atoms. The van der Waals surface area contributed by atoms with Gasteiger partial charge in [0.1, 0.15) is 12.2 Å². The smallest absolute Gasteiger partial charge is 0.203 e. The molecule has 0 saturated heterocycles. The van der Waals surface area contributed by atoms with Crippen LogP contribution in [0.2, 0.25) is 0 Å². The molecule has 4 atom stereocenters. The van der Waals surface area contributed by atoms with Gasteiger partial charge in [-0.1, -0.05) is 12.2 Å². The molecule has 0 aromatic carbocycles. The van der Waals surface area contributed by atoms with Crippen LogP contribution in [-0.4, -0.2) is 71.6 Å². The number of hydrogen-bond acceptors (Lipinski definition) is 7. The van der Waals surface area contributed by atoms with Crippen molar-refractivity contribution in [2.24, 2.45) is 0 Å². The standard InChI is InChI=1S/C14H26O7/c1-5-7-13(19-3,11(17)9-15)21-14(20-4,8-6-2)12(18)10-16/h5-6,11-12,15-18H,1-2,7-10H2,3-4H3. The minimum atomic E-state index is -1.69. The third-order valence-electron chi connectivity index (χ3n) is 3.26. The predicted molar refractivity (Wildman–Crippen MR) is 76.4 cm³/mol. The van der Waals surface area contributed by atoms with Crippen LogP contribution in [0.5, 0.6) is 0 Å². The van der Waals surface area contributed by atoms with Crippen molar-refractivity contribution >= 4 is 0 Å². The predicted octanol–water partition coefficient (Wildman–Crippen LogP) is -0.453. The molecule has 4 unspecified atom stereocenters. The third kappa shape index (κ3) is 4.58. The van der Waals surface area contributed by atoms with Crippen LogP contribution in [0.1, 0.15) is 12.8 Å². The second-order valence-electron chi connectivity index (χ2n) is 4.52. The number of ether oxygens (including phenoxy) is 3. The number of aliphatic hydroxyl groups excluding tert-OH is 4. The quantitative estimate of drug-likeness (QED) is 0.285. The molecular formula is C14H26O7. The SMILES string of the molecule is C=CCC(OC)(OC(CC=C)(OC)C(O)CO)C(O)CO. The molecular weight excluding hydrogens is 280 g/mol. The fourth-order valence-corrected chi connectivity index (χ4v) is 1.99. The summed E-state index contributed by atoms with van der Waals surface area (Å²) < 4.78 is 16.1. The fourth-order valence-electron chi connectivity index (χ4n) is 1.99. The second-order valence-corrected chi connectivity index (χ2v) is 4.52.